The van der Waals surface area contributed by atoms with Crippen molar-refractivity contribution in [2.24, 2.45) is 0 Å². The number of fused-ring (bicyclic) bond motifs is 2. The lowest BCUT2D eigenvalue weighted by molar-refractivity contribution is -0.117. The lowest BCUT2D eigenvalue weighted by atomic mass is 9.91. The molecule has 2 aromatic heterocycles. The Morgan fingerprint density at radius 3 is 2.67 bits per heavy atom. The van der Waals surface area contributed by atoms with Crippen LogP contribution in [0.3, 0.4) is 0 Å². The van der Waals surface area contributed by atoms with Gasteiger partial charge in [0.25, 0.3) is 0 Å². The van der Waals surface area contributed by atoms with E-state index in [0.717, 1.165) is 18.5 Å². The minimum Gasteiger partial charge on any atom is -0.493 e. The largest absolute Gasteiger partial charge is 0.493 e. The number of nitrogens with one attached hydrogen (secondary N) is 3. The summed E-state index contributed by atoms with van der Waals surface area (Å²) in [6, 6.07) is 13.4. The lowest BCUT2D eigenvalue weighted by Crippen LogP contribution is -2.40. The lowest BCUT2D eigenvalue weighted by Gasteiger charge is -2.37. The standard InChI is InChI=1S/C24H24N4O4S/c1-31-19-10-14-7-8-28(23(21-4-3-9-33-21)16(14)12-20(19)32-2)13-22(29)25-15-5-6-17-18(11-15)27-24(30)26-17/h3-6,9-12,23H,7-8,13H2,1-2H3,(H,25,29)(H2,26,27,30)/t23-/m0/s1. The molecule has 8 nitrogen and oxygen atoms in total. The first-order chi connectivity index (χ1) is 16.1. The number of amides is 1. The fourth-order valence-corrected chi connectivity index (χ4v) is 5.32. The molecule has 0 saturated heterocycles. The molecule has 0 radical (unpaired) electrons. The van der Waals surface area contributed by atoms with Crippen molar-refractivity contribution >= 4 is 34.0 Å². The zero-order valence-electron chi connectivity index (χ0n) is 18.3. The highest BCUT2D eigenvalue weighted by Crippen LogP contribution is 2.42. The molecule has 0 aliphatic carbocycles. The first kappa shape index (κ1) is 21.3. The number of carbonyl (C=O) groups is 1. The maximum atomic E-state index is 13.0. The summed E-state index contributed by atoms with van der Waals surface area (Å²) in [5.74, 6) is 1.28. The number of methoxy groups -OCH3 is 2. The number of aromatic nitrogens is 2. The molecule has 1 amide bonds. The molecular formula is C24H24N4O4S. The van der Waals surface area contributed by atoms with E-state index in [2.05, 4.69) is 31.6 Å². The molecule has 0 spiro atoms. The van der Waals surface area contributed by atoms with Gasteiger partial charge in [0.15, 0.2) is 11.5 Å². The number of hydrogen-bond acceptors (Lipinski definition) is 6. The monoisotopic (exact) mass is 464 g/mol. The highest BCUT2D eigenvalue weighted by molar-refractivity contribution is 7.10. The van der Waals surface area contributed by atoms with Gasteiger partial charge >= 0.3 is 5.69 Å². The van der Waals surface area contributed by atoms with E-state index in [0.29, 0.717) is 28.2 Å². The van der Waals surface area contributed by atoms with Crippen LogP contribution in [0.5, 0.6) is 11.5 Å². The number of rotatable bonds is 6. The molecule has 0 unspecified atom stereocenters. The summed E-state index contributed by atoms with van der Waals surface area (Å²) in [4.78, 5) is 33.3. The summed E-state index contributed by atoms with van der Waals surface area (Å²) >= 11 is 1.67. The van der Waals surface area contributed by atoms with Crippen LogP contribution >= 0.6 is 11.3 Å². The van der Waals surface area contributed by atoms with Gasteiger partial charge in [0.05, 0.1) is 37.8 Å². The van der Waals surface area contributed by atoms with Gasteiger partial charge in [0, 0.05) is 17.1 Å². The maximum absolute atomic E-state index is 13.0. The number of nitrogens with zero attached hydrogens (tertiary/aromatic N) is 1. The Labute approximate surface area is 194 Å². The van der Waals surface area contributed by atoms with E-state index in [1.807, 2.05) is 18.2 Å². The molecular weight excluding hydrogens is 440 g/mol. The van der Waals surface area contributed by atoms with Gasteiger partial charge in [-0.25, -0.2) is 4.79 Å². The van der Waals surface area contributed by atoms with Crippen LogP contribution in [0.2, 0.25) is 0 Å². The average Bonchev–Trinajstić information content (AvgIpc) is 3.46. The van der Waals surface area contributed by atoms with E-state index in [9.17, 15) is 9.59 Å². The van der Waals surface area contributed by atoms with Crippen molar-refractivity contribution in [3.05, 3.63) is 74.3 Å². The number of anilines is 1. The van der Waals surface area contributed by atoms with Crippen molar-refractivity contribution in [3.8, 4) is 11.5 Å². The van der Waals surface area contributed by atoms with E-state index in [-0.39, 0.29) is 24.2 Å². The minimum atomic E-state index is -0.272. The first-order valence-electron chi connectivity index (χ1n) is 10.6. The summed E-state index contributed by atoms with van der Waals surface area (Å²) in [5.41, 5.74) is 4.05. The van der Waals surface area contributed by atoms with Gasteiger partial charge in [-0.3, -0.25) is 9.69 Å². The topological polar surface area (TPSA) is 99.4 Å². The zero-order valence-corrected chi connectivity index (χ0v) is 19.1. The molecule has 3 N–H and O–H groups in total. The Hall–Kier alpha value is -3.56. The Morgan fingerprint density at radius 1 is 1.12 bits per heavy atom. The van der Waals surface area contributed by atoms with E-state index in [1.165, 1.54) is 10.4 Å². The van der Waals surface area contributed by atoms with Crippen molar-refractivity contribution < 1.29 is 14.3 Å². The number of thiophene rings is 1. The van der Waals surface area contributed by atoms with Crippen LogP contribution < -0.4 is 20.5 Å². The number of H-pyrrole nitrogens is 2. The molecule has 0 saturated carbocycles. The van der Waals surface area contributed by atoms with Crippen molar-refractivity contribution in [1.82, 2.24) is 14.9 Å². The van der Waals surface area contributed by atoms with Crippen molar-refractivity contribution in [1.29, 1.82) is 0 Å². The maximum Gasteiger partial charge on any atom is 0.323 e. The van der Waals surface area contributed by atoms with Gasteiger partial charge in [-0.15, -0.1) is 11.3 Å². The van der Waals surface area contributed by atoms with Crippen molar-refractivity contribution in [2.45, 2.75) is 12.5 Å². The predicted octanol–water partition coefficient (Wildman–Crippen LogP) is 3.52. The molecule has 3 heterocycles. The molecule has 4 aromatic rings. The quantitative estimate of drug-likeness (QED) is 0.406. The van der Waals surface area contributed by atoms with Gasteiger partial charge in [-0.1, -0.05) is 6.07 Å². The van der Waals surface area contributed by atoms with E-state index in [1.54, 1.807) is 43.8 Å². The number of benzene rings is 2. The first-order valence-corrected chi connectivity index (χ1v) is 11.5. The summed E-state index contributed by atoms with van der Waals surface area (Å²) in [5, 5.41) is 5.01. The molecule has 1 atom stereocenters. The van der Waals surface area contributed by atoms with Gasteiger partial charge in [-0.2, -0.15) is 0 Å². The second-order valence-electron chi connectivity index (χ2n) is 7.93. The molecule has 1 aliphatic rings. The predicted molar refractivity (Wildman–Crippen MR) is 129 cm³/mol. The fraction of sp³-hybridized carbons (Fsp3) is 0.250. The second-order valence-corrected chi connectivity index (χ2v) is 8.91. The van der Waals surface area contributed by atoms with Crippen LogP contribution in [0.1, 0.15) is 22.0 Å². The average molecular weight is 465 g/mol. The number of hydrogen-bond donors (Lipinski definition) is 3. The minimum absolute atomic E-state index is 0.0529. The van der Waals surface area contributed by atoms with Gasteiger partial charge in [-0.05, 0) is 59.3 Å². The SMILES string of the molecule is COc1cc2c(cc1OC)[C@@H](c1cccs1)N(CC(=O)Nc1ccc3[nH]c(=O)[nH]c3c1)CC2. The number of imidazole rings is 1. The van der Waals surface area contributed by atoms with Crippen LogP contribution in [0.25, 0.3) is 11.0 Å². The van der Waals surface area contributed by atoms with E-state index in [4.69, 9.17) is 9.47 Å². The van der Waals surface area contributed by atoms with Crippen molar-refractivity contribution in [2.75, 3.05) is 32.6 Å². The zero-order chi connectivity index (χ0) is 22.9. The van der Waals surface area contributed by atoms with Crippen LogP contribution in [0.4, 0.5) is 5.69 Å². The normalized spacial score (nSPS) is 15.9. The molecule has 33 heavy (non-hydrogen) atoms. The van der Waals surface area contributed by atoms with E-state index >= 15 is 0 Å². The molecule has 0 bridgehead atoms. The summed E-state index contributed by atoms with van der Waals surface area (Å²) < 4.78 is 11.0. The summed E-state index contributed by atoms with van der Waals surface area (Å²) in [7, 11) is 3.27. The summed E-state index contributed by atoms with van der Waals surface area (Å²) in [6.07, 6.45) is 0.807. The third kappa shape index (κ3) is 4.12. The van der Waals surface area contributed by atoms with Gasteiger partial charge in [0.1, 0.15) is 0 Å². The highest BCUT2D eigenvalue weighted by atomic mass is 32.1. The van der Waals surface area contributed by atoms with Crippen LogP contribution in [0.15, 0.2) is 52.6 Å². The smallest absolute Gasteiger partial charge is 0.323 e. The second kappa shape index (κ2) is 8.76. The number of carbonyl (C=O) groups excluding carboxylic acids is 1. The Kier molecular flexibility index (Phi) is 5.65. The molecule has 1 aliphatic heterocycles. The number of aromatic amines is 2. The Morgan fingerprint density at radius 2 is 1.91 bits per heavy atom. The molecule has 9 heteroatoms. The van der Waals surface area contributed by atoms with Crippen LogP contribution in [-0.2, 0) is 11.2 Å². The van der Waals surface area contributed by atoms with Crippen molar-refractivity contribution in [3.63, 3.8) is 0 Å². The van der Waals surface area contributed by atoms with Gasteiger partial charge < -0.3 is 24.8 Å². The Balaban J connectivity index is 1.42. The van der Waals surface area contributed by atoms with Crippen LogP contribution in [0, 0.1) is 0 Å². The van der Waals surface area contributed by atoms with Gasteiger partial charge in [0.2, 0.25) is 5.91 Å². The molecule has 2 aromatic carbocycles. The third-order valence-corrected chi connectivity index (χ3v) is 6.86. The Bertz CT molecular complexity index is 1360. The molecule has 5 rings (SSSR count). The summed E-state index contributed by atoms with van der Waals surface area (Å²) in [6.45, 7) is 0.973. The fourth-order valence-electron chi connectivity index (χ4n) is 4.44. The highest BCUT2D eigenvalue weighted by Gasteiger charge is 2.32. The third-order valence-electron chi connectivity index (χ3n) is 5.93. The number of ether oxygens (including phenoxy) is 2. The van der Waals surface area contributed by atoms with Crippen LogP contribution in [-0.4, -0.2) is 48.1 Å². The van der Waals surface area contributed by atoms with E-state index < -0.39 is 0 Å². The molecule has 0 fully saturated rings. The molecule has 170 valence electrons.